The lowest BCUT2D eigenvalue weighted by atomic mass is 9.95. The van der Waals surface area contributed by atoms with Gasteiger partial charge in [0.2, 0.25) is 0 Å². The van der Waals surface area contributed by atoms with Crippen molar-refractivity contribution in [1.82, 2.24) is 0 Å². The molecule has 0 N–H and O–H groups in total. The van der Waals surface area contributed by atoms with Gasteiger partial charge in [-0.3, -0.25) is 0 Å². The molecule has 0 aromatic heterocycles. The molecule has 1 heteroatoms. The van der Waals surface area contributed by atoms with Crippen LogP contribution in [0.3, 0.4) is 0 Å². The molecule has 0 aliphatic rings. The summed E-state index contributed by atoms with van der Waals surface area (Å²) < 4.78 is 5.72. The van der Waals surface area contributed by atoms with Gasteiger partial charge in [0.05, 0.1) is 6.10 Å². The van der Waals surface area contributed by atoms with Crippen molar-refractivity contribution in [3.8, 4) is 28.0 Å². The van der Waals surface area contributed by atoms with Gasteiger partial charge >= 0.3 is 0 Å². The number of rotatable bonds is 4. The van der Waals surface area contributed by atoms with Crippen molar-refractivity contribution < 1.29 is 4.74 Å². The Kier molecular flexibility index (Phi) is 4.47. The molecule has 0 bridgehead atoms. The first-order valence-corrected chi connectivity index (χ1v) is 8.06. The zero-order valence-electron chi connectivity index (χ0n) is 13.9. The number of aryl methyl sites for hydroxylation is 1. The monoisotopic (exact) mass is 302 g/mol. The van der Waals surface area contributed by atoms with Crippen molar-refractivity contribution >= 4 is 0 Å². The Balaban J connectivity index is 1.95. The summed E-state index contributed by atoms with van der Waals surface area (Å²) in [6, 6.07) is 25.5. The van der Waals surface area contributed by atoms with Crippen LogP contribution in [0.15, 0.2) is 72.8 Å². The van der Waals surface area contributed by atoms with Crippen molar-refractivity contribution in [2.45, 2.75) is 26.9 Å². The fourth-order valence-corrected chi connectivity index (χ4v) is 2.73. The number of benzene rings is 3. The van der Waals surface area contributed by atoms with E-state index in [-0.39, 0.29) is 6.10 Å². The Labute approximate surface area is 138 Å². The molecule has 0 heterocycles. The summed E-state index contributed by atoms with van der Waals surface area (Å²) in [6.07, 6.45) is 0.199. The molecule has 0 saturated heterocycles. The molecule has 3 aromatic rings. The van der Waals surface area contributed by atoms with Gasteiger partial charge in [0.25, 0.3) is 0 Å². The molecule has 3 rings (SSSR count). The summed E-state index contributed by atoms with van der Waals surface area (Å²) in [6.45, 7) is 6.24. The lowest BCUT2D eigenvalue weighted by molar-refractivity contribution is 0.242. The standard InChI is InChI=1S/C22H22O/c1-16(2)23-21-13-11-18(12-14-21)20-10-9-17(3)22(15-20)19-7-5-4-6-8-19/h4-16H,1-3H3. The lowest BCUT2D eigenvalue weighted by Crippen LogP contribution is -2.05. The molecule has 3 aromatic carbocycles. The fraction of sp³-hybridized carbons (Fsp3) is 0.182. The van der Waals surface area contributed by atoms with E-state index < -0.39 is 0 Å². The summed E-state index contributed by atoms with van der Waals surface area (Å²) in [5.74, 6) is 0.916. The molecule has 1 nitrogen and oxygen atoms in total. The summed E-state index contributed by atoms with van der Waals surface area (Å²) in [5, 5.41) is 0. The van der Waals surface area contributed by atoms with Gasteiger partial charge in [-0.2, -0.15) is 0 Å². The Morgan fingerprint density at radius 2 is 1.35 bits per heavy atom. The zero-order valence-corrected chi connectivity index (χ0v) is 13.9. The van der Waals surface area contributed by atoms with Crippen molar-refractivity contribution in [2.75, 3.05) is 0 Å². The summed E-state index contributed by atoms with van der Waals surface area (Å²) in [7, 11) is 0. The molecule has 0 aliphatic heterocycles. The highest BCUT2D eigenvalue weighted by molar-refractivity contribution is 5.75. The van der Waals surface area contributed by atoms with Crippen molar-refractivity contribution in [2.24, 2.45) is 0 Å². The van der Waals surface area contributed by atoms with Crippen LogP contribution in [0.1, 0.15) is 19.4 Å². The quantitative estimate of drug-likeness (QED) is 0.564. The van der Waals surface area contributed by atoms with Crippen LogP contribution in [0, 0.1) is 6.92 Å². The fourth-order valence-electron chi connectivity index (χ4n) is 2.73. The van der Waals surface area contributed by atoms with Crippen LogP contribution in [0.4, 0.5) is 0 Å². The summed E-state index contributed by atoms with van der Waals surface area (Å²) in [5.41, 5.74) is 6.26. The molecule has 116 valence electrons. The second-order valence-corrected chi connectivity index (χ2v) is 6.09. The third-order valence-corrected chi connectivity index (χ3v) is 3.88. The van der Waals surface area contributed by atoms with E-state index in [1.54, 1.807) is 0 Å². The van der Waals surface area contributed by atoms with Crippen molar-refractivity contribution in [3.63, 3.8) is 0 Å². The number of hydrogen-bond acceptors (Lipinski definition) is 1. The third kappa shape index (κ3) is 3.62. The van der Waals surface area contributed by atoms with E-state index >= 15 is 0 Å². The first-order valence-electron chi connectivity index (χ1n) is 8.06. The second kappa shape index (κ2) is 6.70. The van der Waals surface area contributed by atoms with Crippen LogP contribution in [0.2, 0.25) is 0 Å². The number of hydrogen-bond donors (Lipinski definition) is 0. The molecular weight excluding hydrogens is 280 g/mol. The van der Waals surface area contributed by atoms with Crippen LogP contribution in [-0.2, 0) is 0 Å². The Bertz CT molecular complexity index is 771. The third-order valence-electron chi connectivity index (χ3n) is 3.88. The molecule has 0 atom stereocenters. The van der Waals surface area contributed by atoms with Gasteiger partial charge in [0.15, 0.2) is 0 Å². The largest absolute Gasteiger partial charge is 0.491 e. The van der Waals surface area contributed by atoms with Crippen LogP contribution in [0.5, 0.6) is 5.75 Å². The van der Waals surface area contributed by atoms with E-state index in [0.717, 1.165) is 5.75 Å². The molecule has 0 radical (unpaired) electrons. The van der Waals surface area contributed by atoms with E-state index in [9.17, 15) is 0 Å². The van der Waals surface area contributed by atoms with E-state index in [0.29, 0.717) is 0 Å². The number of ether oxygens (including phenoxy) is 1. The van der Waals surface area contributed by atoms with E-state index in [1.165, 1.54) is 27.8 Å². The Morgan fingerprint density at radius 1 is 0.696 bits per heavy atom. The summed E-state index contributed by atoms with van der Waals surface area (Å²) in [4.78, 5) is 0. The zero-order chi connectivity index (χ0) is 16.2. The molecule has 23 heavy (non-hydrogen) atoms. The molecule has 0 amide bonds. The highest BCUT2D eigenvalue weighted by Crippen LogP contribution is 2.30. The maximum Gasteiger partial charge on any atom is 0.119 e. The van der Waals surface area contributed by atoms with Crippen LogP contribution < -0.4 is 4.74 Å². The highest BCUT2D eigenvalue weighted by Gasteiger charge is 2.05. The van der Waals surface area contributed by atoms with Gasteiger partial charge in [0.1, 0.15) is 5.75 Å². The van der Waals surface area contributed by atoms with Crippen LogP contribution in [0.25, 0.3) is 22.3 Å². The molecule has 0 saturated carbocycles. The van der Waals surface area contributed by atoms with Gasteiger partial charge in [-0.15, -0.1) is 0 Å². The van der Waals surface area contributed by atoms with Crippen LogP contribution >= 0.6 is 0 Å². The Morgan fingerprint density at radius 3 is 2.00 bits per heavy atom. The van der Waals surface area contributed by atoms with Gasteiger partial charge < -0.3 is 4.74 Å². The van der Waals surface area contributed by atoms with Gasteiger partial charge in [-0.25, -0.2) is 0 Å². The minimum absolute atomic E-state index is 0.199. The van der Waals surface area contributed by atoms with E-state index in [1.807, 2.05) is 26.0 Å². The van der Waals surface area contributed by atoms with Gasteiger partial charge in [-0.1, -0.05) is 54.6 Å². The normalized spacial score (nSPS) is 10.8. The first-order chi connectivity index (χ1) is 11.1. The van der Waals surface area contributed by atoms with Crippen LogP contribution in [-0.4, -0.2) is 6.10 Å². The average molecular weight is 302 g/mol. The first kappa shape index (κ1) is 15.4. The lowest BCUT2D eigenvalue weighted by Gasteiger charge is -2.12. The molecule has 0 spiro atoms. The maximum absolute atomic E-state index is 5.72. The SMILES string of the molecule is Cc1ccc(-c2ccc(OC(C)C)cc2)cc1-c1ccccc1. The second-order valence-electron chi connectivity index (χ2n) is 6.09. The summed E-state index contributed by atoms with van der Waals surface area (Å²) >= 11 is 0. The molecular formula is C22H22O. The topological polar surface area (TPSA) is 9.23 Å². The molecule has 0 unspecified atom stereocenters. The highest BCUT2D eigenvalue weighted by atomic mass is 16.5. The molecule has 0 fully saturated rings. The minimum Gasteiger partial charge on any atom is -0.491 e. The predicted molar refractivity (Wildman–Crippen MR) is 97.8 cm³/mol. The van der Waals surface area contributed by atoms with Crippen molar-refractivity contribution in [3.05, 3.63) is 78.4 Å². The average Bonchev–Trinajstić information content (AvgIpc) is 2.56. The minimum atomic E-state index is 0.199. The van der Waals surface area contributed by atoms with Gasteiger partial charge in [0, 0.05) is 0 Å². The maximum atomic E-state index is 5.72. The Hall–Kier alpha value is -2.54. The smallest absolute Gasteiger partial charge is 0.119 e. The predicted octanol–water partition coefficient (Wildman–Crippen LogP) is 6.12. The van der Waals surface area contributed by atoms with E-state index in [2.05, 4.69) is 67.6 Å². The van der Waals surface area contributed by atoms with E-state index in [4.69, 9.17) is 4.74 Å². The van der Waals surface area contributed by atoms with Crippen molar-refractivity contribution in [1.29, 1.82) is 0 Å². The molecule has 0 aliphatic carbocycles. The van der Waals surface area contributed by atoms with Gasteiger partial charge in [-0.05, 0) is 66.8 Å².